The first-order valence-electron chi connectivity index (χ1n) is 9.94. The van der Waals surface area contributed by atoms with Crippen molar-refractivity contribution in [2.45, 2.75) is 50.0 Å². The third kappa shape index (κ3) is 4.73. The van der Waals surface area contributed by atoms with Crippen molar-refractivity contribution in [2.24, 2.45) is 11.1 Å². The number of nitrogens with zero attached hydrogens (tertiary/aromatic N) is 1. The Kier molecular flexibility index (Phi) is 6.69. The average Bonchev–Trinajstić information content (AvgIpc) is 3.07. The van der Waals surface area contributed by atoms with Crippen molar-refractivity contribution >= 4 is 44.5 Å². The molecule has 2 aliphatic rings. The van der Waals surface area contributed by atoms with Crippen LogP contribution in [-0.2, 0) is 29.0 Å². The maximum absolute atomic E-state index is 13.1. The monoisotopic (exact) mass is 469 g/mol. The van der Waals surface area contributed by atoms with Gasteiger partial charge in [0.15, 0.2) is 32.8 Å². The summed E-state index contributed by atoms with van der Waals surface area (Å²) in [6.45, 7) is 4.30. The van der Waals surface area contributed by atoms with E-state index in [0.29, 0.717) is 13.0 Å². The zero-order valence-electron chi connectivity index (χ0n) is 17.6. The number of ether oxygens (including phenoxy) is 1. The second kappa shape index (κ2) is 8.80. The number of sulfone groups is 1. The Hall–Kier alpha value is -2.10. The summed E-state index contributed by atoms with van der Waals surface area (Å²) in [7, 11) is -3.73. The van der Waals surface area contributed by atoms with Gasteiger partial charge in [0.1, 0.15) is 5.92 Å². The third-order valence-electron chi connectivity index (χ3n) is 5.34. The van der Waals surface area contributed by atoms with E-state index in [0.717, 1.165) is 6.26 Å². The normalized spacial score (nSPS) is 22.4. The third-order valence-corrected chi connectivity index (χ3v) is 6.87. The van der Waals surface area contributed by atoms with Crippen LogP contribution in [0.1, 0.15) is 55.5 Å². The van der Waals surface area contributed by atoms with E-state index in [1.54, 1.807) is 6.92 Å². The minimum atomic E-state index is -3.73. The predicted molar refractivity (Wildman–Crippen MR) is 113 cm³/mol. The van der Waals surface area contributed by atoms with Crippen LogP contribution in [0.2, 0.25) is 5.02 Å². The molecule has 1 aliphatic heterocycles. The van der Waals surface area contributed by atoms with Gasteiger partial charge < -0.3 is 9.57 Å². The molecule has 168 valence electrons. The number of carbonyl (C=O) groups is 3. The van der Waals surface area contributed by atoms with Gasteiger partial charge >= 0.3 is 0 Å². The Morgan fingerprint density at radius 1 is 1.29 bits per heavy atom. The molecular formula is C21H24ClNO7S. The molecular weight excluding hydrogens is 446 g/mol. The fourth-order valence-corrected chi connectivity index (χ4v) is 5.12. The maximum Gasteiger partial charge on any atom is 0.182 e. The van der Waals surface area contributed by atoms with Crippen molar-refractivity contribution < 1.29 is 32.4 Å². The Labute approximate surface area is 185 Å². The lowest BCUT2D eigenvalue weighted by molar-refractivity contribution is -0.133. The number of rotatable bonds is 7. The lowest BCUT2D eigenvalue weighted by Crippen LogP contribution is -2.35. The van der Waals surface area contributed by atoms with E-state index >= 15 is 0 Å². The molecule has 0 bridgehead atoms. The van der Waals surface area contributed by atoms with E-state index in [-0.39, 0.29) is 52.6 Å². The topological polar surface area (TPSA) is 116 Å². The van der Waals surface area contributed by atoms with Gasteiger partial charge in [-0.1, -0.05) is 16.8 Å². The number of carbonyl (C=O) groups excluding carboxylic acids is 3. The van der Waals surface area contributed by atoms with Crippen LogP contribution in [0.15, 0.2) is 22.2 Å². The van der Waals surface area contributed by atoms with E-state index in [2.05, 4.69) is 5.16 Å². The van der Waals surface area contributed by atoms with Crippen molar-refractivity contribution in [3.8, 4) is 0 Å². The van der Waals surface area contributed by atoms with Crippen LogP contribution in [-0.4, -0.2) is 56.5 Å². The molecule has 1 heterocycles. The zero-order valence-corrected chi connectivity index (χ0v) is 19.1. The lowest BCUT2D eigenvalue weighted by Gasteiger charge is -2.21. The van der Waals surface area contributed by atoms with Gasteiger partial charge in [-0.2, -0.15) is 0 Å². The highest BCUT2D eigenvalue weighted by atomic mass is 35.5. The van der Waals surface area contributed by atoms with Gasteiger partial charge in [0.05, 0.1) is 22.2 Å². The van der Waals surface area contributed by atoms with Crippen LogP contribution in [0.3, 0.4) is 0 Å². The fourth-order valence-electron chi connectivity index (χ4n) is 3.79. The molecule has 10 heteroatoms. The average molecular weight is 470 g/mol. The molecule has 1 atom stereocenters. The molecule has 0 radical (unpaired) electrons. The molecule has 1 fully saturated rings. The Morgan fingerprint density at radius 2 is 1.94 bits per heavy atom. The van der Waals surface area contributed by atoms with E-state index in [1.165, 1.54) is 12.1 Å². The summed E-state index contributed by atoms with van der Waals surface area (Å²) in [5.41, 5.74) is -0.605. The summed E-state index contributed by atoms with van der Waals surface area (Å²) in [6.07, 6.45) is 1.93. The van der Waals surface area contributed by atoms with Gasteiger partial charge in [0.2, 0.25) is 0 Å². The number of benzene rings is 1. The molecule has 0 saturated heterocycles. The minimum absolute atomic E-state index is 0.0472. The predicted octanol–water partition coefficient (Wildman–Crippen LogP) is 2.78. The first kappa shape index (κ1) is 23.6. The minimum Gasteiger partial charge on any atom is -0.386 e. The van der Waals surface area contributed by atoms with E-state index < -0.39 is 38.7 Å². The number of oxime groups is 1. The molecule has 1 unspecified atom stereocenters. The summed E-state index contributed by atoms with van der Waals surface area (Å²) >= 11 is 6.53. The molecule has 1 aromatic rings. The molecule has 8 nitrogen and oxygen atoms in total. The zero-order chi connectivity index (χ0) is 23.0. The molecule has 3 rings (SSSR count). The standard InChI is InChI=1S/C21H24ClNO7S/c1-4-29-11-21(2)10-13(23-30-21)17-16(31(3,27)28)9-8-12(19(17)22)20(26)18-14(24)6-5-7-15(18)25/h8-9,18H,4-7,10-11H2,1-3H3. The van der Waals surface area contributed by atoms with Crippen molar-refractivity contribution in [1.82, 2.24) is 0 Å². The number of Topliss-reactive ketones (excluding diaryl/α,β-unsaturated/α-hetero) is 3. The fraction of sp³-hybridized carbons (Fsp3) is 0.524. The van der Waals surface area contributed by atoms with Crippen LogP contribution >= 0.6 is 11.6 Å². The summed E-state index contributed by atoms with van der Waals surface area (Å²) in [5, 5.41) is 3.87. The molecule has 1 aliphatic carbocycles. The van der Waals surface area contributed by atoms with Crippen LogP contribution in [0.4, 0.5) is 0 Å². The van der Waals surface area contributed by atoms with Crippen LogP contribution in [0.5, 0.6) is 0 Å². The van der Waals surface area contributed by atoms with E-state index in [4.69, 9.17) is 21.2 Å². The molecule has 0 amide bonds. The highest BCUT2D eigenvalue weighted by Gasteiger charge is 2.41. The molecule has 0 aromatic heterocycles. The highest BCUT2D eigenvalue weighted by Crippen LogP contribution is 2.36. The van der Waals surface area contributed by atoms with Gasteiger partial charge in [-0.15, -0.1) is 0 Å². The van der Waals surface area contributed by atoms with Crippen LogP contribution in [0, 0.1) is 5.92 Å². The summed E-state index contributed by atoms with van der Waals surface area (Å²) in [4.78, 5) is 42.9. The van der Waals surface area contributed by atoms with Crippen molar-refractivity contribution in [2.75, 3.05) is 19.5 Å². The summed E-state index contributed by atoms with van der Waals surface area (Å²) < 4.78 is 30.2. The van der Waals surface area contributed by atoms with Crippen LogP contribution < -0.4 is 0 Å². The number of hydrogen-bond donors (Lipinski definition) is 0. The molecule has 1 aromatic carbocycles. The molecule has 0 spiro atoms. The number of ketones is 3. The second-order valence-corrected chi connectivity index (χ2v) is 10.4. The van der Waals surface area contributed by atoms with Crippen LogP contribution in [0.25, 0.3) is 0 Å². The van der Waals surface area contributed by atoms with Gasteiger partial charge in [0, 0.05) is 43.3 Å². The van der Waals surface area contributed by atoms with Crippen molar-refractivity contribution in [3.63, 3.8) is 0 Å². The Bertz CT molecular complexity index is 1060. The van der Waals surface area contributed by atoms with Gasteiger partial charge in [-0.05, 0) is 32.4 Å². The number of halogens is 1. The van der Waals surface area contributed by atoms with Crippen molar-refractivity contribution in [3.05, 3.63) is 28.3 Å². The smallest absolute Gasteiger partial charge is 0.182 e. The van der Waals surface area contributed by atoms with E-state index in [9.17, 15) is 22.8 Å². The highest BCUT2D eigenvalue weighted by molar-refractivity contribution is 7.90. The Balaban J connectivity index is 2.07. The molecule has 31 heavy (non-hydrogen) atoms. The maximum atomic E-state index is 13.1. The number of hydrogen-bond acceptors (Lipinski definition) is 8. The largest absolute Gasteiger partial charge is 0.386 e. The lowest BCUT2D eigenvalue weighted by atomic mass is 9.81. The summed E-state index contributed by atoms with van der Waals surface area (Å²) in [6, 6.07) is 2.50. The van der Waals surface area contributed by atoms with Gasteiger partial charge in [-0.3, -0.25) is 14.4 Å². The van der Waals surface area contributed by atoms with Gasteiger partial charge in [-0.25, -0.2) is 8.42 Å². The molecule has 1 saturated carbocycles. The Morgan fingerprint density at radius 3 is 2.52 bits per heavy atom. The van der Waals surface area contributed by atoms with Gasteiger partial charge in [0.25, 0.3) is 0 Å². The van der Waals surface area contributed by atoms with E-state index in [1.807, 2.05) is 6.92 Å². The van der Waals surface area contributed by atoms with Crippen molar-refractivity contribution in [1.29, 1.82) is 0 Å². The summed E-state index contributed by atoms with van der Waals surface area (Å²) in [5.74, 6) is -3.03. The second-order valence-electron chi connectivity index (χ2n) is 8.05. The molecule has 0 N–H and O–H groups in total. The quantitative estimate of drug-likeness (QED) is 0.445. The SMILES string of the molecule is CCOCC1(C)CC(c2c(S(C)(=O)=O)ccc(C(=O)C3C(=O)CCCC3=O)c2Cl)=NO1. The first-order chi connectivity index (χ1) is 14.5. The first-order valence-corrected chi connectivity index (χ1v) is 12.2.